The number of ketones is 1. The van der Waals surface area contributed by atoms with E-state index < -0.39 is 23.4 Å². The Labute approximate surface area is 201 Å². The van der Waals surface area contributed by atoms with E-state index in [1.54, 1.807) is 0 Å². The lowest BCUT2D eigenvalue weighted by molar-refractivity contribution is -0.126. The lowest BCUT2D eigenvalue weighted by Gasteiger charge is -2.39. The van der Waals surface area contributed by atoms with Crippen LogP contribution in [-0.2, 0) is 23.8 Å². The molecule has 0 aromatic carbocycles. The van der Waals surface area contributed by atoms with Gasteiger partial charge in [0.15, 0.2) is 23.9 Å². The first-order valence-corrected chi connectivity index (χ1v) is 17.7. The third-order valence-corrected chi connectivity index (χ3v) is 18.3. The monoisotopic (exact) mass is 496 g/mol. The number of Topliss-reactive ketones (excluding diaryl/α,β-unsaturated/α-hetero) is 1. The highest BCUT2D eigenvalue weighted by Crippen LogP contribution is 2.73. The summed E-state index contributed by atoms with van der Waals surface area (Å²) in [7, 11) is -5.28. The number of carbonyl (C=O) groups excluding carboxylic acids is 1. The average molecular weight is 497 g/mol. The Morgan fingerprint density at radius 1 is 1.18 bits per heavy atom. The summed E-state index contributed by atoms with van der Waals surface area (Å²) in [4.78, 5) is 13.9. The van der Waals surface area contributed by atoms with Gasteiger partial charge in [0, 0.05) is 5.92 Å². The van der Waals surface area contributed by atoms with Crippen LogP contribution < -0.4 is 0 Å². The molecule has 5 aliphatic rings. The number of epoxide rings is 1. The van der Waals surface area contributed by atoms with Gasteiger partial charge in [0.25, 0.3) is 0 Å². The highest BCUT2D eigenvalue weighted by molar-refractivity contribution is 7.93. The minimum absolute atomic E-state index is 0.00198. The zero-order chi connectivity index (χ0) is 24.4. The van der Waals surface area contributed by atoms with Crippen molar-refractivity contribution in [3.8, 4) is 0 Å². The van der Waals surface area contributed by atoms with E-state index in [0.29, 0.717) is 18.9 Å². The summed E-state index contributed by atoms with van der Waals surface area (Å²) in [5, 5.41) is -0.641. The fourth-order valence-electron chi connectivity index (χ4n) is 8.14. The van der Waals surface area contributed by atoms with Crippen molar-refractivity contribution >= 4 is 23.9 Å². The lowest BCUT2D eigenvalue weighted by atomic mass is 9.64. The van der Waals surface area contributed by atoms with Crippen molar-refractivity contribution in [2.24, 2.45) is 34.5 Å². The molecule has 5 nitrogen and oxygen atoms in total. The fourth-order valence-corrected chi connectivity index (χ4v) is 12.2. The third-order valence-electron chi connectivity index (χ3n) is 11.6. The number of hydrogen-bond acceptors (Lipinski definition) is 5. The molecule has 8 atom stereocenters. The third kappa shape index (κ3) is 3.27. The molecule has 0 unspecified atom stereocenters. The molecular formula is C26H44O5SSi. The normalized spacial score (nSPS) is 47.3. The zero-order valence-corrected chi connectivity index (χ0v) is 23.7. The van der Waals surface area contributed by atoms with Gasteiger partial charge in [-0.15, -0.1) is 0 Å². The quantitative estimate of drug-likeness (QED) is 0.396. The predicted molar refractivity (Wildman–Crippen MR) is 132 cm³/mol. The van der Waals surface area contributed by atoms with Gasteiger partial charge in [0.1, 0.15) is 10.9 Å². The first-order chi connectivity index (χ1) is 15.0. The summed E-state index contributed by atoms with van der Waals surface area (Å²) in [6, 6.07) is 0. The highest BCUT2D eigenvalue weighted by Gasteiger charge is 2.73. The molecular weight excluding hydrogens is 452 g/mol. The molecule has 2 aliphatic heterocycles. The van der Waals surface area contributed by atoms with E-state index in [9.17, 15) is 13.2 Å². The van der Waals surface area contributed by atoms with Crippen molar-refractivity contribution in [3.05, 3.63) is 0 Å². The van der Waals surface area contributed by atoms with Crippen molar-refractivity contribution < 1.29 is 22.4 Å². The van der Waals surface area contributed by atoms with Gasteiger partial charge in [-0.05, 0) is 78.8 Å². The van der Waals surface area contributed by atoms with Crippen LogP contribution in [0.2, 0.25) is 18.1 Å². The molecule has 2 heterocycles. The smallest absolute Gasteiger partial charge is 0.192 e. The Morgan fingerprint density at radius 2 is 1.85 bits per heavy atom. The van der Waals surface area contributed by atoms with Crippen LogP contribution in [0.4, 0.5) is 0 Å². The van der Waals surface area contributed by atoms with Crippen LogP contribution in [0.5, 0.6) is 0 Å². The maximum Gasteiger partial charge on any atom is 0.192 e. The summed E-state index contributed by atoms with van der Waals surface area (Å²) in [5.74, 6) is 0.708. The molecule has 0 aromatic rings. The van der Waals surface area contributed by atoms with Crippen LogP contribution >= 0.6 is 0 Å². The van der Waals surface area contributed by atoms with Gasteiger partial charge in [-0.25, -0.2) is 8.42 Å². The van der Waals surface area contributed by atoms with E-state index in [2.05, 4.69) is 54.6 Å². The predicted octanol–water partition coefficient (Wildman–Crippen LogP) is 5.00. The molecule has 0 radical (unpaired) electrons. The number of ether oxygens (including phenoxy) is 1. The van der Waals surface area contributed by atoms with E-state index in [-0.39, 0.29) is 56.9 Å². The maximum atomic E-state index is 13.9. The molecule has 2 saturated heterocycles. The Hall–Kier alpha value is -0.243. The Morgan fingerprint density at radius 3 is 2.45 bits per heavy atom. The fraction of sp³-hybridized carbons (Fsp3) is 0.962. The number of hydrogen-bond donors (Lipinski definition) is 0. The number of carbonyl (C=O) groups is 1. The molecule has 7 heteroatoms. The summed E-state index contributed by atoms with van der Waals surface area (Å²) in [6.45, 7) is 18.5. The summed E-state index contributed by atoms with van der Waals surface area (Å²) >= 11 is 0. The van der Waals surface area contributed by atoms with Crippen LogP contribution in [-0.4, -0.2) is 51.8 Å². The summed E-state index contributed by atoms with van der Waals surface area (Å²) < 4.78 is 39.6. The van der Waals surface area contributed by atoms with E-state index in [1.807, 2.05) is 0 Å². The molecule has 1 spiro atoms. The van der Waals surface area contributed by atoms with E-state index in [0.717, 1.165) is 25.7 Å². The molecule has 0 amide bonds. The van der Waals surface area contributed by atoms with Crippen LogP contribution in [0.25, 0.3) is 0 Å². The van der Waals surface area contributed by atoms with Gasteiger partial charge < -0.3 is 9.16 Å². The van der Waals surface area contributed by atoms with Gasteiger partial charge in [-0.3, -0.25) is 4.79 Å². The van der Waals surface area contributed by atoms with Crippen molar-refractivity contribution in [1.82, 2.24) is 0 Å². The second-order valence-corrected chi connectivity index (χ2v) is 21.3. The maximum absolute atomic E-state index is 13.9. The minimum atomic E-state index is -3.41. The molecule has 188 valence electrons. The Bertz CT molecular complexity index is 966. The second-order valence-electron chi connectivity index (χ2n) is 14.3. The van der Waals surface area contributed by atoms with Crippen molar-refractivity contribution in [3.63, 3.8) is 0 Å². The molecule has 3 saturated carbocycles. The number of rotatable bonds is 5. The van der Waals surface area contributed by atoms with Crippen LogP contribution in [0.3, 0.4) is 0 Å². The van der Waals surface area contributed by atoms with Crippen molar-refractivity contribution in [1.29, 1.82) is 0 Å². The van der Waals surface area contributed by atoms with E-state index in [1.165, 1.54) is 0 Å². The highest BCUT2D eigenvalue weighted by atomic mass is 32.2. The molecule has 3 aliphatic carbocycles. The van der Waals surface area contributed by atoms with E-state index >= 15 is 0 Å². The zero-order valence-electron chi connectivity index (χ0n) is 21.9. The molecule has 2 bridgehead atoms. The van der Waals surface area contributed by atoms with E-state index in [4.69, 9.17) is 9.16 Å². The Kier molecular flexibility index (Phi) is 5.15. The molecule has 33 heavy (non-hydrogen) atoms. The first-order valence-electron chi connectivity index (χ1n) is 13.0. The SMILES string of the molecule is C[C@H]1C[C@]2(CO[Si](C)(C)C(C)(C)C)O[C@@H]2C[C@@H]1C(=O)[C@@H]1[C@@H]2C[C@H]3CC[C@@]2(CS1(=O)=O)C3(C)C. The summed E-state index contributed by atoms with van der Waals surface area (Å²) in [5.41, 5.74) is -0.435. The lowest BCUT2D eigenvalue weighted by Crippen LogP contribution is -2.47. The van der Waals surface area contributed by atoms with Crippen molar-refractivity contribution in [2.75, 3.05) is 12.4 Å². The largest absolute Gasteiger partial charge is 0.414 e. The topological polar surface area (TPSA) is 73.0 Å². The van der Waals surface area contributed by atoms with Crippen LogP contribution in [0.1, 0.15) is 73.6 Å². The molecule has 0 N–H and O–H groups in total. The minimum Gasteiger partial charge on any atom is -0.414 e. The van der Waals surface area contributed by atoms with Gasteiger partial charge in [0.2, 0.25) is 0 Å². The van der Waals surface area contributed by atoms with Gasteiger partial charge in [-0.1, -0.05) is 41.5 Å². The van der Waals surface area contributed by atoms with Gasteiger partial charge in [-0.2, -0.15) is 0 Å². The second kappa shape index (κ2) is 6.95. The van der Waals surface area contributed by atoms with Crippen molar-refractivity contribution in [2.45, 2.75) is 109 Å². The first kappa shape index (κ1) is 24.5. The standard InChI is InChI=1S/C26H44O5SSi/c1-16-13-26(14-30-33(7,8)23(2,3)4)20(31-26)12-18(16)21(27)22-19-11-17-9-10-25(19,24(17,5)6)15-32(22,28)29/h16-20,22H,9-15H2,1-8H3/t16-,17+,18-,19-,20+,22-,25-,26+/m0/s1. The van der Waals surface area contributed by atoms with Crippen LogP contribution in [0, 0.1) is 34.5 Å². The van der Waals surface area contributed by atoms with Gasteiger partial charge in [0.05, 0.1) is 18.5 Å². The summed E-state index contributed by atoms with van der Waals surface area (Å²) in [6.07, 6.45) is 4.47. The average Bonchev–Trinajstić information content (AvgIpc) is 3.17. The molecule has 5 rings (SSSR count). The number of fused-ring (bicyclic) bond motifs is 2. The van der Waals surface area contributed by atoms with Crippen LogP contribution in [0.15, 0.2) is 0 Å². The molecule has 0 aromatic heterocycles. The number of sulfone groups is 1. The Balaban J connectivity index is 1.31. The van der Waals surface area contributed by atoms with Gasteiger partial charge >= 0.3 is 0 Å². The molecule has 5 fully saturated rings.